The lowest BCUT2D eigenvalue weighted by Gasteiger charge is -2.26. The summed E-state index contributed by atoms with van der Waals surface area (Å²) in [5, 5.41) is 24.1. The van der Waals surface area contributed by atoms with E-state index in [1.807, 2.05) is 59.5 Å². The molecule has 0 spiro atoms. The number of nitrogens with one attached hydrogen (secondary N) is 1. The van der Waals surface area contributed by atoms with E-state index in [1.54, 1.807) is 42.6 Å². The van der Waals surface area contributed by atoms with Gasteiger partial charge in [0.2, 0.25) is 0 Å². The zero-order valence-corrected chi connectivity index (χ0v) is 23.4. The summed E-state index contributed by atoms with van der Waals surface area (Å²) in [6, 6.07) is 29.7. The van der Waals surface area contributed by atoms with Crippen LogP contribution in [0.5, 0.6) is 0 Å². The van der Waals surface area contributed by atoms with Gasteiger partial charge in [0.15, 0.2) is 5.11 Å². The molecule has 2 atom stereocenters. The van der Waals surface area contributed by atoms with Crippen LogP contribution in [0.25, 0.3) is 11.3 Å². The fourth-order valence-electron chi connectivity index (χ4n) is 4.81. The number of aromatic carboxylic acids is 1. The van der Waals surface area contributed by atoms with E-state index in [0.29, 0.717) is 16.6 Å². The fourth-order valence-corrected chi connectivity index (χ4v) is 5.98. The van der Waals surface area contributed by atoms with Crippen molar-refractivity contribution in [2.24, 2.45) is 0 Å². The van der Waals surface area contributed by atoms with Gasteiger partial charge >= 0.3 is 5.97 Å². The van der Waals surface area contributed by atoms with E-state index < -0.39 is 10.9 Å². The summed E-state index contributed by atoms with van der Waals surface area (Å²) >= 11 is 7.32. The number of nitrogens with zero attached hydrogens (tertiary/aromatic N) is 3. The highest BCUT2D eigenvalue weighted by atomic mass is 32.2. The summed E-state index contributed by atoms with van der Waals surface area (Å²) in [4.78, 5) is 30.2. The number of furan rings is 1. The molecule has 1 aliphatic rings. The molecule has 0 aliphatic carbocycles. The first-order chi connectivity index (χ1) is 20.4. The quantitative estimate of drug-likeness (QED) is 0.108. The fraction of sp³-hybridized carbons (Fsp3) is 0.0645. The Hall–Kier alpha value is -5.00. The number of nitro benzene ring substituents is 1. The van der Waals surface area contributed by atoms with Crippen molar-refractivity contribution in [1.29, 1.82) is 0 Å². The third kappa shape index (κ3) is 5.47. The minimum absolute atomic E-state index is 0.0524. The van der Waals surface area contributed by atoms with Crippen molar-refractivity contribution in [3.05, 3.63) is 136 Å². The molecule has 9 nitrogen and oxygen atoms in total. The average Bonchev–Trinajstić information content (AvgIpc) is 3.63. The number of hydrogen-bond acceptors (Lipinski definition) is 7. The topological polar surface area (TPSA) is 122 Å². The number of pyridine rings is 1. The number of hydrogen-bond donors (Lipinski definition) is 2. The summed E-state index contributed by atoms with van der Waals surface area (Å²) < 4.78 is 6.37. The number of rotatable bonds is 8. The first-order valence-electron chi connectivity index (χ1n) is 12.8. The first kappa shape index (κ1) is 27.2. The molecule has 1 saturated heterocycles. The summed E-state index contributed by atoms with van der Waals surface area (Å²) in [5.74, 6) is 0.284. The normalized spacial score (nSPS) is 16.3. The van der Waals surface area contributed by atoms with Gasteiger partial charge in [0, 0.05) is 39.4 Å². The van der Waals surface area contributed by atoms with E-state index in [9.17, 15) is 20.0 Å². The van der Waals surface area contributed by atoms with E-state index in [1.165, 1.54) is 23.9 Å². The summed E-state index contributed by atoms with van der Waals surface area (Å²) in [5.41, 5.74) is 2.67. The Morgan fingerprint density at radius 3 is 2.26 bits per heavy atom. The Morgan fingerprint density at radius 1 is 0.952 bits per heavy atom. The standard InChI is InChI=1S/C31H22N4O5S2/c36-30(37)20-6-4-19(5-7-20)26-16-17-27(40-26)29-28(25-3-1-2-18-32-25)33-31(41)34(29)21-8-12-23(13-9-21)42-24-14-10-22(11-15-24)35(38)39/h1-18,28-29H,(H,33,41)(H,36,37)/t28-,29+/m1/s1. The molecule has 2 aromatic heterocycles. The average molecular weight is 595 g/mol. The predicted molar refractivity (Wildman–Crippen MR) is 163 cm³/mol. The van der Waals surface area contributed by atoms with Crippen molar-refractivity contribution in [2.75, 3.05) is 4.90 Å². The van der Waals surface area contributed by atoms with Crippen LogP contribution in [-0.4, -0.2) is 26.1 Å². The van der Waals surface area contributed by atoms with E-state index in [0.717, 1.165) is 26.7 Å². The number of carboxylic acid groups (broad SMARTS) is 1. The maximum absolute atomic E-state index is 11.3. The van der Waals surface area contributed by atoms with Crippen LogP contribution in [0.3, 0.4) is 0 Å². The lowest BCUT2D eigenvalue weighted by atomic mass is 10.0. The van der Waals surface area contributed by atoms with Gasteiger partial charge in [-0.1, -0.05) is 30.0 Å². The lowest BCUT2D eigenvalue weighted by Crippen LogP contribution is -2.29. The molecular formula is C31H22N4O5S2. The predicted octanol–water partition coefficient (Wildman–Crippen LogP) is 7.28. The molecule has 0 bridgehead atoms. The smallest absolute Gasteiger partial charge is 0.335 e. The Labute approximate surface area is 250 Å². The third-order valence-corrected chi connectivity index (χ3v) is 8.16. The van der Waals surface area contributed by atoms with E-state index in [-0.39, 0.29) is 23.3 Å². The van der Waals surface area contributed by atoms with Gasteiger partial charge in [0.05, 0.1) is 22.2 Å². The molecule has 11 heteroatoms. The molecule has 42 heavy (non-hydrogen) atoms. The second-order valence-corrected chi connectivity index (χ2v) is 11.0. The summed E-state index contributed by atoms with van der Waals surface area (Å²) in [7, 11) is 0. The Balaban J connectivity index is 1.31. The van der Waals surface area contributed by atoms with Crippen molar-refractivity contribution in [1.82, 2.24) is 10.3 Å². The van der Waals surface area contributed by atoms with Gasteiger partial charge in [-0.05, 0) is 85.0 Å². The maximum atomic E-state index is 11.3. The van der Waals surface area contributed by atoms with Gasteiger partial charge < -0.3 is 19.7 Å². The molecule has 3 heterocycles. The molecule has 0 unspecified atom stereocenters. The van der Waals surface area contributed by atoms with E-state index >= 15 is 0 Å². The molecule has 0 saturated carbocycles. The largest absolute Gasteiger partial charge is 0.478 e. The zero-order valence-electron chi connectivity index (χ0n) is 21.8. The van der Waals surface area contributed by atoms with Crippen LogP contribution in [-0.2, 0) is 0 Å². The van der Waals surface area contributed by atoms with Crippen molar-refractivity contribution in [2.45, 2.75) is 21.9 Å². The van der Waals surface area contributed by atoms with Crippen molar-refractivity contribution in [3.63, 3.8) is 0 Å². The summed E-state index contributed by atoms with van der Waals surface area (Å²) in [6.07, 6.45) is 1.74. The van der Waals surface area contributed by atoms with E-state index in [2.05, 4.69) is 10.3 Å². The van der Waals surface area contributed by atoms with Crippen LogP contribution < -0.4 is 10.2 Å². The number of non-ortho nitro benzene ring substituents is 1. The molecule has 2 N–H and O–H groups in total. The number of carboxylic acids is 1. The minimum Gasteiger partial charge on any atom is -0.478 e. The van der Waals surface area contributed by atoms with Crippen LogP contribution in [0.2, 0.25) is 0 Å². The van der Waals surface area contributed by atoms with Crippen LogP contribution in [0.1, 0.15) is 33.9 Å². The monoisotopic (exact) mass is 594 g/mol. The first-order valence-corrected chi connectivity index (χ1v) is 14.1. The third-order valence-electron chi connectivity index (χ3n) is 6.83. The van der Waals surface area contributed by atoms with Crippen LogP contribution in [0, 0.1) is 10.1 Å². The number of benzene rings is 3. The molecule has 208 valence electrons. The number of aromatic nitrogens is 1. The van der Waals surface area contributed by atoms with Crippen LogP contribution >= 0.6 is 24.0 Å². The molecule has 1 aliphatic heterocycles. The van der Waals surface area contributed by atoms with Gasteiger partial charge in [0.25, 0.3) is 5.69 Å². The molecule has 0 radical (unpaired) electrons. The Morgan fingerprint density at radius 2 is 1.64 bits per heavy atom. The highest BCUT2D eigenvalue weighted by Crippen LogP contribution is 2.43. The molecule has 5 aromatic rings. The zero-order chi connectivity index (χ0) is 29.2. The highest BCUT2D eigenvalue weighted by molar-refractivity contribution is 7.99. The molecule has 3 aromatic carbocycles. The van der Waals surface area contributed by atoms with Crippen molar-refractivity contribution >= 4 is 46.4 Å². The van der Waals surface area contributed by atoms with Gasteiger partial charge in [-0.2, -0.15) is 0 Å². The van der Waals surface area contributed by atoms with Gasteiger partial charge in [-0.3, -0.25) is 15.1 Å². The number of carbonyl (C=O) groups is 1. The molecule has 0 amide bonds. The van der Waals surface area contributed by atoms with Gasteiger partial charge in [0.1, 0.15) is 17.6 Å². The van der Waals surface area contributed by atoms with Crippen molar-refractivity contribution < 1.29 is 19.2 Å². The van der Waals surface area contributed by atoms with Crippen molar-refractivity contribution in [3.8, 4) is 11.3 Å². The minimum atomic E-state index is -0.988. The van der Waals surface area contributed by atoms with E-state index in [4.69, 9.17) is 16.6 Å². The molecule has 1 fully saturated rings. The van der Waals surface area contributed by atoms with Crippen LogP contribution in [0.15, 0.2) is 124 Å². The van der Waals surface area contributed by atoms with Gasteiger partial charge in [-0.25, -0.2) is 4.79 Å². The Kier molecular flexibility index (Phi) is 7.43. The summed E-state index contributed by atoms with van der Waals surface area (Å²) in [6.45, 7) is 0. The van der Waals surface area contributed by atoms with Crippen LogP contribution in [0.4, 0.5) is 11.4 Å². The number of nitro groups is 1. The number of anilines is 1. The Bertz CT molecular complexity index is 1760. The highest BCUT2D eigenvalue weighted by Gasteiger charge is 2.42. The maximum Gasteiger partial charge on any atom is 0.335 e. The number of thiocarbonyl (C=S) groups is 1. The van der Waals surface area contributed by atoms with Gasteiger partial charge in [-0.15, -0.1) is 0 Å². The molecule has 6 rings (SSSR count). The second-order valence-electron chi connectivity index (χ2n) is 9.43. The SMILES string of the molecule is O=C(O)c1ccc(-c2ccc([C@H]3[C@@H](c4ccccn4)NC(=S)N3c3ccc(Sc4ccc([N+](=O)[O-])cc4)cc3)o2)cc1. The molecular weight excluding hydrogens is 572 g/mol. The lowest BCUT2D eigenvalue weighted by molar-refractivity contribution is -0.384. The second kappa shape index (κ2) is 11.5.